The van der Waals surface area contributed by atoms with Crippen LogP contribution in [-0.4, -0.2) is 35.9 Å². The van der Waals surface area contributed by atoms with E-state index < -0.39 is 0 Å². The number of hydrazone groups is 1. The Bertz CT molecular complexity index is 1020. The van der Waals surface area contributed by atoms with Gasteiger partial charge in [-0.3, -0.25) is 15.2 Å². The van der Waals surface area contributed by atoms with E-state index in [4.69, 9.17) is 9.47 Å². The van der Waals surface area contributed by atoms with Gasteiger partial charge in [0.25, 0.3) is 0 Å². The number of amidine groups is 1. The molecule has 2 aromatic carbocycles. The molecule has 3 aliphatic rings. The number of rotatable bonds is 4. The van der Waals surface area contributed by atoms with Crippen molar-refractivity contribution in [1.29, 1.82) is 0 Å². The molecule has 3 heterocycles. The fourth-order valence-corrected chi connectivity index (χ4v) is 4.29. The van der Waals surface area contributed by atoms with E-state index in [0.717, 1.165) is 57.9 Å². The van der Waals surface area contributed by atoms with E-state index in [2.05, 4.69) is 15.5 Å². The molecule has 7 nitrogen and oxygen atoms in total. The molecule has 0 aliphatic carbocycles. The van der Waals surface area contributed by atoms with Crippen LogP contribution in [0.5, 0.6) is 11.5 Å². The van der Waals surface area contributed by atoms with Crippen molar-refractivity contribution in [2.45, 2.75) is 19.4 Å². The Labute approximate surface area is 172 Å². The first-order valence-corrected chi connectivity index (χ1v) is 10.5. The summed E-state index contributed by atoms with van der Waals surface area (Å²) >= 11 is 1.62. The number of carbonyl (C=O) groups excluding carboxylic acids is 1. The summed E-state index contributed by atoms with van der Waals surface area (Å²) in [6.07, 6.45) is 1.55. The lowest BCUT2D eigenvalue weighted by Gasteiger charge is -2.19. The van der Waals surface area contributed by atoms with Gasteiger partial charge in [-0.25, -0.2) is 0 Å². The molecule has 0 bridgehead atoms. The summed E-state index contributed by atoms with van der Waals surface area (Å²) in [5.41, 5.74) is 7.03. The minimum atomic E-state index is 0.193. The maximum atomic E-state index is 12.0. The fraction of sp³-hybridized carbons (Fsp3) is 0.286. The molecule has 148 valence electrons. The van der Waals surface area contributed by atoms with Gasteiger partial charge in [0.1, 0.15) is 0 Å². The minimum absolute atomic E-state index is 0.193. The number of fused-ring (bicyclic) bond motifs is 1. The van der Waals surface area contributed by atoms with E-state index in [0.29, 0.717) is 13.0 Å². The molecule has 8 heteroatoms. The smallest absolute Gasteiger partial charge is 0.231 e. The number of carbonyl (C=O) groups is 1. The normalized spacial score (nSPS) is 19.4. The number of anilines is 1. The number of hydrogen-bond acceptors (Lipinski definition) is 6. The zero-order valence-electron chi connectivity index (χ0n) is 15.8. The second kappa shape index (κ2) is 7.79. The van der Waals surface area contributed by atoms with E-state index >= 15 is 0 Å². The van der Waals surface area contributed by atoms with Crippen LogP contribution in [-0.2, 0) is 11.3 Å². The second-order valence-electron chi connectivity index (χ2n) is 6.97. The molecule has 0 atom stereocenters. The van der Waals surface area contributed by atoms with Crippen LogP contribution in [0.25, 0.3) is 0 Å². The molecule has 1 N–H and O–H groups in total. The first-order valence-electron chi connectivity index (χ1n) is 9.55. The van der Waals surface area contributed by atoms with Gasteiger partial charge in [0.15, 0.2) is 16.7 Å². The number of hydrogen-bond donors (Lipinski definition) is 1. The summed E-state index contributed by atoms with van der Waals surface area (Å²) in [7, 11) is 0. The van der Waals surface area contributed by atoms with Crippen molar-refractivity contribution in [3.8, 4) is 11.5 Å². The molecule has 0 saturated carbocycles. The molecular formula is C21H20N4O3S. The van der Waals surface area contributed by atoms with Crippen LogP contribution in [0.4, 0.5) is 5.69 Å². The molecule has 5 rings (SSSR count). The molecule has 1 amide bonds. The lowest BCUT2D eigenvalue weighted by atomic mass is 10.1. The average Bonchev–Trinajstić information content (AvgIpc) is 3.41. The molecular weight excluding hydrogens is 388 g/mol. The van der Waals surface area contributed by atoms with Crippen molar-refractivity contribution in [2.24, 2.45) is 10.1 Å². The quantitative estimate of drug-likeness (QED) is 0.841. The van der Waals surface area contributed by atoms with Crippen LogP contribution in [0.15, 0.2) is 52.6 Å². The third kappa shape index (κ3) is 3.80. The van der Waals surface area contributed by atoms with Crippen molar-refractivity contribution in [3.05, 3.63) is 53.6 Å². The minimum Gasteiger partial charge on any atom is -0.454 e. The van der Waals surface area contributed by atoms with Gasteiger partial charge in [-0.1, -0.05) is 30.0 Å². The summed E-state index contributed by atoms with van der Waals surface area (Å²) < 4.78 is 10.7. The van der Waals surface area contributed by atoms with Crippen LogP contribution < -0.4 is 19.8 Å². The number of amides is 1. The Morgan fingerprint density at radius 3 is 2.93 bits per heavy atom. The lowest BCUT2D eigenvalue weighted by molar-refractivity contribution is -0.117. The Morgan fingerprint density at radius 2 is 2.10 bits per heavy atom. The second-order valence-corrected chi connectivity index (χ2v) is 7.93. The monoisotopic (exact) mass is 408 g/mol. The van der Waals surface area contributed by atoms with Crippen LogP contribution in [0.2, 0.25) is 0 Å². The number of nitrogens with one attached hydrogen (secondary N) is 1. The topological polar surface area (TPSA) is 75.5 Å². The zero-order valence-corrected chi connectivity index (χ0v) is 16.6. The van der Waals surface area contributed by atoms with E-state index in [1.807, 2.05) is 47.4 Å². The maximum Gasteiger partial charge on any atom is 0.231 e. The van der Waals surface area contributed by atoms with Gasteiger partial charge in [0.2, 0.25) is 12.7 Å². The molecule has 1 saturated heterocycles. The molecule has 0 unspecified atom stereocenters. The molecule has 0 spiro atoms. The van der Waals surface area contributed by atoms with Crippen LogP contribution >= 0.6 is 11.8 Å². The SMILES string of the molecule is O=C1CCCN1c1cccc(C2=NNC(=NCc3ccc4c(c3)OCO4)SC2)c1. The maximum absolute atomic E-state index is 12.0. The Balaban J connectivity index is 1.26. The first-order chi connectivity index (χ1) is 14.3. The number of nitrogens with zero attached hydrogens (tertiary/aromatic N) is 3. The highest BCUT2D eigenvalue weighted by Crippen LogP contribution is 2.32. The van der Waals surface area contributed by atoms with E-state index in [1.165, 1.54) is 0 Å². The van der Waals surface area contributed by atoms with Crippen LogP contribution in [0.1, 0.15) is 24.0 Å². The highest BCUT2D eigenvalue weighted by atomic mass is 32.2. The molecule has 1 fully saturated rings. The Kier molecular flexibility index (Phi) is 4.85. The van der Waals surface area contributed by atoms with Crippen molar-refractivity contribution in [2.75, 3.05) is 24.0 Å². The average molecular weight is 408 g/mol. The van der Waals surface area contributed by atoms with Gasteiger partial charge in [-0.05, 0) is 36.2 Å². The number of aliphatic imine (C=N–C) groups is 1. The number of benzene rings is 2. The van der Waals surface area contributed by atoms with Gasteiger partial charge in [-0.15, -0.1) is 0 Å². The van der Waals surface area contributed by atoms with Gasteiger partial charge in [-0.2, -0.15) is 5.10 Å². The summed E-state index contributed by atoms with van der Waals surface area (Å²) in [6.45, 7) is 1.61. The Morgan fingerprint density at radius 1 is 1.17 bits per heavy atom. The summed E-state index contributed by atoms with van der Waals surface area (Å²) in [6, 6.07) is 13.9. The van der Waals surface area contributed by atoms with E-state index in [-0.39, 0.29) is 12.7 Å². The predicted octanol–water partition coefficient (Wildman–Crippen LogP) is 3.14. The standard InChI is InChI=1S/C21H20N4O3S/c26-20-5-2-8-25(20)16-4-1-3-15(10-16)17-12-29-21(24-23-17)22-11-14-6-7-18-19(9-14)28-13-27-18/h1,3-4,6-7,9-10H,2,5,8,11-13H2,(H,22,24). The Hall–Kier alpha value is -3.00. The van der Waals surface area contributed by atoms with Gasteiger partial charge < -0.3 is 14.4 Å². The predicted molar refractivity (Wildman–Crippen MR) is 114 cm³/mol. The molecule has 0 aromatic heterocycles. The lowest BCUT2D eigenvalue weighted by Crippen LogP contribution is -2.26. The summed E-state index contributed by atoms with van der Waals surface area (Å²) in [4.78, 5) is 18.5. The third-order valence-electron chi connectivity index (χ3n) is 5.04. The van der Waals surface area contributed by atoms with Gasteiger partial charge >= 0.3 is 0 Å². The molecule has 2 aromatic rings. The van der Waals surface area contributed by atoms with Crippen molar-refractivity contribution >= 4 is 34.2 Å². The van der Waals surface area contributed by atoms with Crippen molar-refractivity contribution < 1.29 is 14.3 Å². The highest BCUT2D eigenvalue weighted by Gasteiger charge is 2.22. The summed E-state index contributed by atoms with van der Waals surface area (Å²) in [5, 5.41) is 5.29. The molecule has 0 radical (unpaired) electrons. The third-order valence-corrected chi connectivity index (χ3v) is 5.95. The van der Waals surface area contributed by atoms with E-state index in [9.17, 15) is 4.79 Å². The van der Waals surface area contributed by atoms with Gasteiger partial charge in [0, 0.05) is 30.0 Å². The largest absolute Gasteiger partial charge is 0.454 e. The number of thioether (sulfide) groups is 1. The molecule has 29 heavy (non-hydrogen) atoms. The molecule has 3 aliphatic heterocycles. The van der Waals surface area contributed by atoms with Crippen LogP contribution in [0.3, 0.4) is 0 Å². The van der Waals surface area contributed by atoms with Gasteiger partial charge in [0.05, 0.1) is 12.3 Å². The highest BCUT2D eigenvalue weighted by molar-refractivity contribution is 8.14. The van der Waals surface area contributed by atoms with Crippen molar-refractivity contribution in [3.63, 3.8) is 0 Å². The zero-order chi connectivity index (χ0) is 19.6. The van der Waals surface area contributed by atoms with E-state index in [1.54, 1.807) is 11.8 Å². The fourth-order valence-electron chi connectivity index (χ4n) is 3.52. The number of ether oxygens (including phenoxy) is 2. The van der Waals surface area contributed by atoms with Crippen LogP contribution in [0, 0.1) is 0 Å². The van der Waals surface area contributed by atoms with Crippen molar-refractivity contribution in [1.82, 2.24) is 5.43 Å². The first kappa shape index (κ1) is 18.1. The summed E-state index contributed by atoms with van der Waals surface area (Å²) in [5.74, 6) is 2.46.